The lowest BCUT2D eigenvalue weighted by molar-refractivity contribution is 1.22. The lowest BCUT2D eigenvalue weighted by atomic mass is 10.2. The van der Waals surface area contributed by atoms with Crippen LogP contribution in [0.5, 0.6) is 0 Å². The molecule has 2 aromatic rings. The van der Waals surface area contributed by atoms with Gasteiger partial charge >= 0.3 is 0 Å². The predicted molar refractivity (Wildman–Crippen MR) is 66.1 cm³/mol. The van der Waals surface area contributed by atoms with Gasteiger partial charge in [0.15, 0.2) is 5.13 Å². The van der Waals surface area contributed by atoms with Crippen molar-refractivity contribution in [3.05, 3.63) is 40.9 Å². The SMILES string of the molecule is Cc1cccc(Nc2nc(CCl)cs2)c1. The van der Waals surface area contributed by atoms with Crippen LogP contribution in [0.1, 0.15) is 11.3 Å². The summed E-state index contributed by atoms with van der Waals surface area (Å²) in [4.78, 5) is 4.33. The van der Waals surface area contributed by atoms with Crippen LogP contribution in [-0.4, -0.2) is 4.98 Å². The van der Waals surface area contributed by atoms with E-state index in [9.17, 15) is 0 Å². The minimum atomic E-state index is 0.464. The van der Waals surface area contributed by atoms with Crippen molar-refractivity contribution in [1.29, 1.82) is 0 Å². The molecule has 0 radical (unpaired) electrons. The van der Waals surface area contributed by atoms with E-state index in [1.807, 2.05) is 17.5 Å². The summed E-state index contributed by atoms with van der Waals surface area (Å²) >= 11 is 7.25. The molecular weight excluding hydrogens is 228 g/mol. The van der Waals surface area contributed by atoms with Crippen LogP contribution < -0.4 is 5.32 Å². The smallest absolute Gasteiger partial charge is 0.187 e. The maximum atomic E-state index is 5.68. The number of halogens is 1. The number of alkyl halides is 1. The zero-order valence-electron chi connectivity index (χ0n) is 8.33. The molecule has 0 amide bonds. The first-order valence-corrected chi connectivity index (χ1v) is 6.03. The van der Waals surface area contributed by atoms with Gasteiger partial charge in [0, 0.05) is 11.1 Å². The number of hydrogen-bond acceptors (Lipinski definition) is 3. The molecule has 1 heterocycles. The second-order valence-electron chi connectivity index (χ2n) is 3.27. The minimum Gasteiger partial charge on any atom is -0.332 e. The Balaban J connectivity index is 2.14. The molecule has 2 nitrogen and oxygen atoms in total. The molecule has 0 fully saturated rings. The fourth-order valence-electron chi connectivity index (χ4n) is 1.27. The van der Waals surface area contributed by atoms with Crippen LogP contribution in [0.4, 0.5) is 10.8 Å². The van der Waals surface area contributed by atoms with E-state index in [0.29, 0.717) is 5.88 Å². The summed E-state index contributed by atoms with van der Waals surface area (Å²) in [6, 6.07) is 8.20. The average molecular weight is 239 g/mol. The molecule has 15 heavy (non-hydrogen) atoms. The molecule has 4 heteroatoms. The van der Waals surface area contributed by atoms with Gasteiger partial charge in [-0.25, -0.2) is 4.98 Å². The third kappa shape index (κ3) is 2.70. The van der Waals surface area contributed by atoms with Gasteiger partial charge in [-0.3, -0.25) is 0 Å². The molecular formula is C11H11ClN2S. The highest BCUT2D eigenvalue weighted by atomic mass is 35.5. The van der Waals surface area contributed by atoms with Crippen molar-refractivity contribution >= 4 is 33.8 Å². The van der Waals surface area contributed by atoms with E-state index >= 15 is 0 Å². The molecule has 0 saturated heterocycles. The third-order valence-corrected chi connectivity index (χ3v) is 3.04. The van der Waals surface area contributed by atoms with E-state index in [1.54, 1.807) is 11.3 Å². The number of rotatable bonds is 3. The van der Waals surface area contributed by atoms with E-state index in [1.165, 1.54) is 5.56 Å². The Kier molecular flexibility index (Phi) is 3.23. The molecule has 0 aliphatic rings. The number of anilines is 2. The molecule has 1 aromatic carbocycles. The number of aryl methyl sites for hydroxylation is 1. The van der Waals surface area contributed by atoms with Crippen molar-refractivity contribution in [2.45, 2.75) is 12.8 Å². The first-order valence-electron chi connectivity index (χ1n) is 4.62. The van der Waals surface area contributed by atoms with Crippen LogP contribution >= 0.6 is 22.9 Å². The summed E-state index contributed by atoms with van der Waals surface area (Å²) in [5, 5.41) is 6.10. The van der Waals surface area contributed by atoms with Gasteiger partial charge in [0.2, 0.25) is 0 Å². The van der Waals surface area contributed by atoms with Crippen molar-refractivity contribution in [1.82, 2.24) is 4.98 Å². The molecule has 0 bridgehead atoms. The Labute approximate surface area is 97.9 Å². The Morgan fingerprint density at radius 3 is 3.00 bits per heavy atom. The van der Waals surface area contributed by atoms with Gasteiger partial charge in [0.1, 0.15) is 0 Å². The molecule has 0 saturated carbocycles. The fourth-order valence-corrected chi connectivity index (χ4v) is 2.23. The van der Waals surface area contributed by atoms with E-state index in [-0.39, 0.29) is 0 Å². The molecule has 1 aromatic heterocycles. The number of thiazole rings is 1. The normalized spacial score (nSPS) is 10.3. The lowest BCUT2D eigenvalue weighted by Gasteiger charge is -2.02. The number of aromatic nitrogens is 1. The second-order valence-corrected chi connectivity index (χ2v) is 4.40. The van der Waals surface area contributed by atoms with Crippen LogP contribution in [0.15, 0.2) is 29.6 Å². The fraction of sp³-hybridized carbons (Fsp3) is 0.182. The first-order chi connectivity index (χ1) is 7.28. The molecule has 1 N–H and O–H groups in total. The van der Waals surface area contributed by atoms with Crippen molar-refractivity contribution in [2.75, 3.05) is 5.32 Å². The molecule has 78 valence electrons. The van der Waals surface area contributed by atoms with Gasteiger partial charge in [-0.15, -0.1) is 22.9 Å². The van der Waals surface area contributed by atoms with E-state index < -0.39 is 0 Å². The van der Waals surface area contributed by atoms with E-state index in [0.717, 1.165) is 16.5 Å². The molecule has 0 aliphatic heterocycles. The van der Waals surface area contributed by atoms with Crippen molar-refractivity contribution in [3.63, 3.8) is 0 Å². The minimum absolute atomic E-state index is 0.464. The number of nitrogens with one attached hydrogen (secondary N) is 1. The average Bonchev–Trinajstić information content (AvgIpc) is 2.65. The molecule has 0 aliphatic carbocycles. The molecule has 0 unspecified atom stereocenters. The Morgan fingerprint density at radius 1 is 1.47 bits per heavy atom. The third-order valence-electron chi connectivity index (χ3n) is 1.96. The maximum absolute atomic E-state index is 5.68. The molecule has 0 atom stereocenters. The topological polar surface area (TPSA) is 24.9 Å². The lowest BCUT2D eigenvalue weighted by Crippen LogP contribution is -1.90. The number of benzene rings is 1. The van der Waals surface area contributed by atoms with Gasteiger partial charge < -0.3 is 5.32 Å². The van der Waals surface area contributed by atoms with E-state index in [2.05, 4.69) is 29.4 Å². The van der Waals surface area contributed by atoms with Gasteiger partial charge in [0.05, 0.1) is 11.6 Å². The maximum Gasteiger partial charge on any atom is 0.187 e. The Hall–Kier alpha value is -1.06. The summed E-state index contributed by atoms with van der Waals surface area (Å²) in [6.45, 7) is 2.07. The number of nitrogens with zero attached hydrogens (tertiary/aromatic N) is 1. The predicted octanol–water partition coefficient (Wildman–Crippen LogP) is 3.93. The second kappa shape index (κ2) is 4.64. The zero-order valence-corrected chi connectivity index (χ0v) is 9.90. The van der Waals surface area contributed by atoms with Gasteiger partial charge in [-0.2, -0.15) is 0 Å². The van der Waals surface area contributed by atoms with Crippen LogP contribution in [0.25, 0.3) is 0 Å². The summed E-state index contributed by atoms with van der Waals surface area (Å²) in [5.74, 6) is 0.464. The Morgan fingerprint density at radius 2 is 2.33 bits per heavy atom. The van der Waals surface area contributed by atoms with Crippen LogP contribution in [-0.2, 0) is 5.88 Å². The Bertz CT molecular complexity index is 453. The standard InChI is InChI=1S/C11H11ClN2S/c1-8-3-2-4-9(5-8)13-11-14-10(6-12)7-15-11/h2-5,7H,6H2,1H3,(H,13,14). The van der Waals surface area contributed by atoms with Crippen molar-refractivity contribution < 1.29 is 0 Å². The summed E-state index contributed by atoms with van der Waals surface area (Å²) in [5.41, 5.74) is 3.21. The quantitative estimate of drug-likeness (QED) is 0.820. The highest BCUT2D eigenvalue weighted by Gasteiger charge is 2.00. The largest absolute Gasteiger partial charge is 0.332 e. The highest BCUT2D eigenvalue weighted by molar-refractivity contribution is 7.13. The van der Waals surface area contributed by atoms with Gasteiger partial charge in [-0.1, -0.05) is 12.1 Å². The molecule has 2 rings (SSSR count). The zero-order chi connectivity index (χ0) is 10.7. The van der Waals surface area contributed by atoms with Crippen LogP contribution in [0.2, 0.25) is 0 Å². The van der Waals surface area contributed by atoms with E-state index in [4.69, 9.17) is 11.6 Å². The van der Waals surface area contributed by atoms with Crippen LogP contribution in [0, 0.1) is 6.92 Å². The monoisotopic (exact) mass is 238 g/mol. The van der Waals surface area contributed by atoms with Crippen molar-refractivity contribution in [2.24, 2.45) is 0 Å². The van der Waals surface area contributed by atoms with Gasteiger partial charge in [-0.05, 0) is 24.6 Å². The number of hydrogen-bond donors (Lipinski definition) is 1. The summed E-state index contributed by atoms with van der Waals surface area (Å²) < 4.78 is 0. The van der Waals surface area contributed by atoms with Crippen LogP contribution in [0.3, 0.4) is 0 Å². The molecule has 0 spiro atoms. The summed E-state index contributed by atoms with van der Waals surface area (Å²) in [6.07, 6.45) is 0. The van der Waals surface area contributed by atoms with Gasteiger partial charge in [0.25, 0.3) is 0 Å². The highest BCUT2D eigenvalue weighted by Crippen LogP contribution is 2.21. The first kappa shape index (κ1) is 10.5. The summed E-state index contributed by atoms with van der Waals surface area (Å²) in [7, 11) is 0. The van der Waals surface area contributed by atoms with Crippen molar-refractivity contribution in [3.8, 4) is 0 Å².